The lowest BCUT2D eigenvalue weighted by Crippen LogP contribution is -2.50. The molecule has 1 aromatic carbocycles. The molecule has 0 saturated carbocycles. The van der Waals surface area contributed by atoms with Crippen molar-refractivity contribution < 1.29 is 19.4 Å². The highest BCUT2D eigenvalue weighted by molar-refractivity contribution is 5.77. The van der Waals surface area contributed by atoms with Crippen LogP contribution in [0.4, 0.5) is 0 Å². The zero-order valence-electron chi connectivity index (χ0n) is 19.6. The first kappa shape index (κ1) is 24.3. The minimum Gasteiger partial charge on any atom is -0.496 e. The number of aromatic nitrogens is 1. The number of carboxylic acid groups (broad SMARTS) is 1. The molecule has 176 valence electrons. The Kier molecular flexibility index (Phi) is 7.77. The second-order valence-corrected chi connectivity index (χ2v) is 9.00. The number of hydrogen-bond donors (Lipinski definition) is 2. The number of hydrogen-bond acceptors (Lipinski definition) is 5. The standard InChI is InChI=1S/C24H30N4O2.CH2O2/c1-17-20(13-19(14-25)26-17)21-12-18(4-5-22(21)30-3)15-28-10-8-24(9-11-28)7-6-23(29)27(2)16-24;2-1-3/h4-5,12-13,26H,6-11,15-16H2,1-3H3;1H,(H,2,3). The molecule has 1 aromatic heterocycles. The van der Waals surface area contributed by atoms with E-state index in [2.05, 4.69) is 28.1 Å². The molecule has 1 amide bonds. The molecule has 3 heterocycles. The third-order valence-corrected chi connectivity index (χ3v) is 6.88. The number of carbonyl (C=O) groups excluding carboxylic acids is 1. The maximum Gasteiger partial charge on any atom is 0.290 e. The van der Waals surface area contributed by atoms with E-state index >= 15 is 0 Å². The lowest BCUT2D eigenvalue weighted by Gasteiger charge is -2.46. The largest absolute Gasteiger partial charge is 0.496 e. The summed E-state index contributed by atoms with van der Waals surface area (Å²) in [5.74, 6) is 1.10. The number of nitrogens with one attached hydrogen (secondary N) is 1. The van der Waals surface area contributed by atoms with Crippen molar-refractivity contribution >= 4 is 12.4 Å². The van der Waals surface area contributed by atoms with Crippen LogP contribution in [0.3, 0.4) is 0 Å². The Morgan fingerprint density at radius 1 is 1.24 bits per heavy atom. The van der Waals surface area contributed by atoms with Crippen LogP contribution < -0.4 is 4.74 Å². The zero-order valence-corrected chi connectivity index (χ0v) is 19.6. The number of likely N-dealkylation sites (tertiary alicyclic amines) is 2. The van der Waals surface area contributed by atoms with Gasteiger partial charge < -0.3 is 19.7 Å². The Balaban J connectivity index is 0.000000968. The van der Waals surface area contributed by atoms with E-state index in [1.807, 2.05) is 31.0 Å². The summed E-state index contributed by atoms with van der Waals surface area (Å²) < 4.78 is 5.59. The van der Waals surface area contributed by atoms with Gasteiger partial charge >= 0.3 is 0 Å². The first-order valence-electron chi connectivity index (χ1n) is 11.2. The lowest BCUT2D eigenvalue weighted by atomic mass is 9.72. The van der Waals surface area contributed by atoms with Crippen LogP contribution in [0.5, 0.6) is 5.75 Å². The number of amides is 1. The third-order valence-electron chi connectivity index (χ3n) is 6.88. The Labute approximate surface area is 194 Å². The normalized spacial score (nSPS) is 17.8. The first-order valence-corrected chi connectivity index (χ1v) is 11.2. The van der Waals surface area contributed by atoms with Gasteiger partial charge in [0.2, 0.25) is 5.91 Å². The van der Waals surface area contributed by atoms with Crippen molar-refractivity contribution in [2.24, 2.45) is 5.41 Å². The second-order valence-electron chi connectivity index (χ2n) is 9.00. The van der Waals surface area contributed by atoms with E-state index in [-0.39, 0.29) is 12.4 Å². The predicted octanol–water partition coefficient (Wildman–Crippen LogP) is 3.41. The van der Waals surface area contributed by atoms with E-state index in [1.54, 1.807) is 7.11 Å². The lowest BCUT2D eigenvalue weighted by molar-refractivity contribution is -0.137. The SMILES string of the molecule is COc1ccc(CN2CCC3(CCC(=O)N(C)C3)CC2)cc1-c1cc(C#N)[nH]c1C.O=CO. The van der Waals surface area contributed by atoms with E-state index in [1.165, 1.54) is 5.56 Å². The smallest absolute Gasteiger partial charge is 0.290 e. The number of piperidine rings is 2. The summed E-state index contributed by atoms with van der Waals surface area (Å²) in [7, 11) is 3.62. The van der Waals surface area contributed by atoms with Crippen molar-refractivity contribution in [3.05, 3.63) is 41.2 Å². The maximum atomic E-state index is 11.9. The summed E-state index contributed by atoms with van der Waals surface area (Å²) in [6.45, 7) is 5.66. The molecule has 1 spiro atoms. The molecule has 0 radical (unpaired) electrons. The Morgan fingerprint density at radius 2 is 1.94 bits per heavy atom. The molecule has 2 aliphatic rings. The molecular weight excluding hydrogens is 420 g/mol. The van der Waals surface area contributed by atoms with Crippen LogP contribution in [-0.2, 0) is 16.1 Å². The quantitative estimate of drug-likeness (QED) is 0.688. The Bertz CT molecular complexity index is 1030. The monoisotopic (exact) mass is 452 g/mol. The molecule has 0 unspecified atom stereocenters. The van der Waals surface area contributed by atoms with Crippen LogP contribution in [0.2, 0.25) is 0 Å². The van der Waals surface area contributed by atoms with Gasteiger partial charge in [-0.1, -0.05) is 6.07 Å². The molecular formula is C25H32N4O4. The van der Waals surface area contributed by atoms with Gasteiger partial charge in [0.1, 0.15) is 17.5 Å². The van der Waals surface area contributed by atoms with Crippen molar-refractivity contribution in [3.63, 3.8) is 0 Å². The van der Waals surface area contributed by atoms with Gasteiger partial charge in [-0.15, -0.1) is 0 Å². The number of nitrogens with zero attached hydrogens (tertiary/aromatic N) is 3. The van der Waals surface area contributed by atoms with Crippen LogP contribution in [0, 0.1) is 23.7 Å². The van der Waals surface area contributed by atoms with Crippen molar-refractivity contribution in [1.29, 1.82) is 5.26 Å². The average Bonchev–Trinajstić information content (AvgIpc) is 3.19. The summed E-state index contributed by atoms with van der Waals surface area (Å²) >= 11 is 0. The van der Waals surface area contributed by atoms with Crippen LogP contribution in [0.25, 0.3) is 11.1 Å². The number of nitriles is 1. The summed E-state index contributed by atoms with van der Waals surface area (Å²) in [5, 5.41) is 16.1. The van der Waals surface area contributed by atoms with Gasteiger partial charge in [-0.2, -0.15) is 5.26 Å². The van der Waals surface area contributed by atoms with E-state index in [0.29, 0.717) is 17.5 Å². The third kappa shape index (κ3) is 5.55. The van der Waals surface area contributed by atoms with E-state index < -0.39 is 0 Å². The highest BCUT2D eigenvalue weighted by atomic mass is 16.5. The molecule has 0 atom stereocenters. The molecule has 2 aromatic rings. The van der Waals surface area contributed by atoms with Gasteiger partial charge in [0.15, 0.2) is 0 Å². The molecule has 0 aliphatic carbocycles. The van der Waals surface area contributed by atoms with E-state index in [0.717, 1.165) is 68.0 Å². The van der Waals surface area contributed by atoms with Crippen molar-refractivity contribution in [2.75, 3.05) is 33.8 Å². The topological polar surface area (TPSA) is 110 Å². The first-order chi connectivity index (χ1) is 15.8. The van der Waals surface area contributed by atoms with Gasteiger partial charge in [-0.3, -0.25) is 14.5 Å². The van der Waals surface area contributed by atoms with Gasteiger partial charge in [-0.05, 0) is 68.5 Å². The summed E-state index contributed by atoms with van der Waals surface area (Å²) in [6.07, 6.45) is 4.02. The summed E-state index contributed by atoms with van der Waals surface area (Å²) in [5.41, 5.74) is 5.12. The van der Waals surface area contributed by atoms with Crippen LogP contribution >= 0.6 is 0 Å². The fraction of sp³-hybridized carbons (Fsp3) is 0.480. The Hall–Kier alpha value is -3.31. The van der Waals surface area contributed by atoms with Crippen LogP contribution in [-0.4, -0.2) is 66.1 Å². The molecule has 8 nitrogen and oxygen atoms in total. The molecule has 2 fully saturated rings. The number of aromatic amines is 1. The highest BCUT2D eigenvalue weighted by Gasteiger charge is 2.39. The van der Waals surface area contributed by atoms with Crippen molar-refractivity contribution in [2.45, 2.75) is 39.2 Å². The second kappa shape index (κ2) is 10.5. The van der Waals surface area contributed by atoms with Crippen molar-refractivity contribution in [1.82, 2.24) is 14.8 Å². The Morgan fingerprint density at radius 3 is 2.52 bits per heavy atom. The van der Waals surface area contributed by atoms with Gasteiger partial charge in [0.05, 0.1) is 7.11 Å². The number of rotatable bonds is 4. The number of benzene rings is 1. The highest BCUT2D eigenvalue weighted by Crippen LogP contribution is 2.40. The molecule has 4 rings (SSSR count). The molecule has 2 N–H and O–H groups in total. The number of ether oxygens (including phenoxy) is 1. The molecule has 0 bridgehead atoms. The molecule has 33 heavy (non-hydrogen) atoms. The van der Waals surface area contributed by atoms with Crippen LogP contribution in [0.15, 0.2) is 24.3 Å². The molecule has 2 aliphatic heterocycles. The average molecular weight is 453 g/mol. The summed E-state index contributed by atoms with van der Waals surface area (Å²) in [6, 6.07) is 10.4. The minimum atomic E-state index is -0.250. The van der Waals surface area contributed by atoms with Gasteiger partial charge in [0, 0.05) is 43.4 Å². The molecule has 2 saturated heterocycles. The number of methoxy groups -OCH3 is 1. The fourth-order valence-electron chi connectivity index (χ4n) is 5.05. The predicted molar refractivity (Wildman–Crippen MR) is 125 cm³/mol. The number of carbonyl (C=O) groups is 2. The summed E-state index contributed by atoms with van der Waals surface area (Å²) in [4.78, 5) is 27.8. The van der Waals surface area contributed by atoms with Crippen molar-refractivity contribution in [3.8, 4) is 22.9 Å². The van der Waals surface area contributed by atoms with Gasteiger partial charge in [-0.25, -0.2) is 0 Å². The van der Waals surface area contributed by atoms with Gasteiger partial charge in [0.25, 0.3) is 6.47 Å². The minimum absolute atomic E-state index is 0.250. The molecule has 8 heteroatoms. The van der Waals surface area contributed by atoms with Crippen LogP contribution in [0.1, 0.15) is 42.6 Å². The number of aryl methyl sites for hydroxylation is 1. The number of H-pyrrole nitrogens is 1. The van der Waals surface area contributed by atoms with E-state index in [9.17, 15) is 10.1 Å². The zero-order chi connectivity index (χ0) is 24.0. The van der Waals surface area contributed by atoms with E-state index in [4.69, 9.17) is 14.6 Å². The fourth-order valence-corrected chi connectivity index (χ4v) is 5.05. The maximum absolute atomic E-state index is 11.9.